The standard InChI is InChI=1S/C8H13N.C2H6/c1-4-5-7(2)8(3)6-9;1-2/h4,6,9H,1,5H2,2-3H3;1-2H3/b8-7-,9-6?;. The van der Waals surface area contributed by atoms with Crippen LogP contribution in [-0.4, -0.2) is 6.21 Å². The van der Waals surface area contributed by atoms with Crippen LogP contribution in [0.1, 0.15) is 34.1 Å². The summed E-state index contributed by atoms with van der Waals surface area (Å²) in [5.74, 6) is 0. The van der Waals surface area contributed by atoms with Crippen molar-refractivity contribution in [1.82, 2.24) is 0 Å². The average Bonchev–Trinajstić information content (AvgIpc) is 2.07. The molecule has 0 aromatic heterocycles. The third kappa shape index (κ3) is 7.04. The highest BCUT2D eigenvalue weighted by Gasteiger charge is 1.88. The van der Waals surface area contributed by atoms with Gasteiger partial charge in [-0.25, -0.2) is 0 Å². The fraction of sp³-hybridized carbons (Fsp3) is 0.500. The summed E-state index contributed by atoms with van der Waals surface area (Å²) in [5.41, 5.74) is 2.26. The number of nitrogens with one attached hydrogen (secondary N) is 1. The molecule has 1 nitrogen and oxygen atoms in total. The molecule has 0 aromatic carbocycles. The zero-order valence-electron chi connectivity index (χ0n) is 8.07. The van der Waals surface area contributed by atoms with E-state index in [0.29, 0.717) is 0 Å². The van der Waals surface area contributed by atoms with Crippen molar-refractivity contribution in [1.29, 1.82) is 5.41 Å². The van der Waals surface area contributed by atoms with E-state index in [1.807, 2.05) is 33.8 Å². The topological polar surface area (TPSA) is 23.9 Å². The van der Waals surface area contributed by atoms with Gasteiger partial charge in [-0.1, -0.05) is 25.5 Å². The van der Waals surface area contributed by atoms with Gasteiger partial charge in [-0.15, -0.1) is 6.58 Å². The van der Waals surface area contributed by atoms with E-state index in [1.165, 1.54) is 11.8 Å². The molecule has 1 N–H and O–H groups in total. The van der Waals surface area contributed by atoms with Crippen LogP contribution in [0.4, 0.5) is 0 Å². The van der Waals surface area contributed by atoms with Crippen LogP contribution in [0, 0.1) is 5.41 Å². The van der Waals surface area contributed by atoms with E-state index in [4.69, 9.17) is 5.41 Å². The van der Waals surface area contributed by atoms with Gasteiger partial charge in [0.15, 0.2) is 0 Å². The molecule has 11 heavy (non-hydrogen) atoms. The fourth-order valence-corrected chi connectivity index (χ4v) is 0.501. The molecule has 0 aliphatic carbocycles. The van der Waals surface area contributed by atoms with E-state index in [9.17, 15) is 0 Å². The Labute approximate surface area is 70.3 Å². The summed E-state index contributed by atoms with van der Waals surface area (Å²) in [6.07, 6.45) is 4.11. The third-order valence-corrected chi connectivity index (χ3v) is 1.34. The molecular formula is C10H19N. The van der Waals surface area contributed by atoms with Crippen LogP contribution in [0.15, 0.2) is 23.8 Å². The zero-order valence-corrected chi connectivity index (χ0v) is 8.07. The maximum atomic E-state index is 6.90. The molecule has 0 rings (SSSR count). The van der Waals surface area contributed by atoms with Gasteiger partial charge in [-0.05, 0) is 25.8 Å². The first-order chi connectivity index (χ1) is 5.22. The summed E-state index contributed by atoms with van der Waals surface area (Å²) in [7, 11) is 0. The van der Waals surface area contributed by atoms with Crippen LogP contribution in [0.3, 0.4) is 0 Å². The van der Waals surface area contributed by atoms with Gasteiger partial charge in [0.25, 0.3) is 0 Å². The number of hydrogen-bond donors (Lipinski definition) is 1. The van der Waals surface area contributed by atoms with Gasteiger partial charge in [-0.3, -0.25) is 0 Å². The Morgan fingerprint density at radius 3 is 2.09 bits per heavy atom. The maximum absolute atomic E-state index is 6.90. The Bertz CT molecular complexity index is 143. The molecule has 0 aromatic rings. The molecule has 0 fully saturated rings. The van der Waals surface area contributed by atoms with Gasteiger partial charge in [0.1, 0.15) is 0 Å². The van der Waals surface area contributed by atoms with Gasteiger partial charge in [-0.2, -0.15) is 0 Å². The Morgan fingerprint density at radius 1 is 1.36 bits per heavy atom. The SMILES string of the molecule is C=CC/C(C)=C(/C)C=N.CC. The Morgan fingerprint density at radius 2 is 1.82 bits per heavy atom. The molecule has 0 radical (unpaired) electrons. The normalized spacial score (nSPS) is 10.5. The van der Waals surface area contributed by atoms with Crippen molar-refractivity contribution in [2.24, 2.45) is 0 Å². The number of hydrogen-bond acceptors (Lipinski definition) is 1. The first-order valence-corrected chi connectivity index (χ1v) is 4.00. The second kappa shape index (κ2) is 9.15. The molecule has 0 heterocycles. The summed E-state index contributed by atoms with van der Waals surface area (Å²) >= 11 is 0. The molecule has 0 saturated carbocycles. The highest BCUT2D eigenvalue weighted by molar-refractivity contribution is 5.75. The average molecular weight is 153 g/mol. The quantitative estimate of drug-likeness (QED) is 0.473. The van der Waals surface area contributed by atoms with Crippen molar-refractivity contribution in [3.63, 3.8) is 0 Å². The van der Waals surface area contributed by atoms with E-state index in [-0.39, 0.29) is 0 Å². The highest BCUT2D eigenvalue weighted by Crippen LogP contribution is 2.04. The van der Waals surface area contributed by atoms with Crippen molar-refractivity contribution in [2.75, 3.05) is 0 Å². The van der Waals surface area contributed by atoms with E-state index in [1.54, 1.807) is 0 Å². The Hall–Kier alpha value is -0.850. The molecule has 0 spiro atoms. The van der Waals surface area contributed by atoms with Crippen LogP contribution in [0.5, 0.6) is 0 Å². The predicted molar refractivity (Wildman–Crippen MR) is 53.3 cm³/mol. The second-order valence-corrected chi connectivity index (χ2v) is 2.10. The minimum absolute atomic E-state index is 0.890. The molecule has 0 unspecified atom stereocenters. The summed E-state index contributed by atoms with van der Waals surface area (Å²) < 4.78 is 0. The number of rotatable bonds is 3. The molecule has 0 amide bonds. The van der Waals surface area contributed by atoms with Gasteiger partial charge in [0, 0.05) is 6.21 Å². The lowest BCUT2D eigenvalue weighted by Crippen LogP contribution is -1.82. The molecular weight excluding hydrogens is 134 g/mol. The lowest BCUT2D eigenvalue weighted by molar-refractivity contribution is 1.18. The van der Waals surface area contributed by atoms with Gasteiger partial charge in [0.05, 0.1) is 0 Å². The molecule has 1 heteroatoms. The third-order valence-electron chi connectivity index (χ3n) is 1.34. The van der Waals surface area contributed by atoms with Crippen LogP contribution in [0.2, 0.25) is 0 Å². The van der Waals surface area contributed by atoms with E-state index in [0.717, 1.165) is 12.0 Å². The minimum Gasteiger partial charge on any atom is -0.308 e. The van der Waals surface area contributed by atoms with Crippen LogP contribution in [0.25, 0.3) is 0 Å². The lowest BCUT2D eigenvalue weighted by atomic mass is 10.1. The van der Waals surface area contributed by atoms with Crippen LogP contribution in [-0.2, 0) is 0 Å². The first-order valence-electron chi connectivity index (χ1n) is 4.00. The van der Waals surface area contributed by atoms with E-state index in [2.05, 4.69) is 6.58 Å². The fourth-order valence-electron chi connectivity index (χ4n) is 0.501. The molecule has 0 saturated heterocycles. The minimum atomic E-state index is 0.890. The van der Waals surface area contributed by atoms with Crippen molar-refractivity contribution >= 4 is 6.21 Å². The molecule has 0 aliphatic heterocycles. The van der Waals surface area contributed by atoms with Crippen molar-refractivity contribution in [2.45, 2.75) is 34.1 Å². The second-order valence-electron chi connectivity index (χ2n) is 2.10. The summed E-state index contributed by atoms with van der Waals surface area (Å²) in [4.78, 5) is 0. The van der Waals surface area contributed by atoms with E-state index < -0.39 is 0 Å². The van der Waals surface area contributed by atoms with Crippen molar-refractivity contribution < 1.29 is 0 Å². The molecule has 0 aliphatic rings. The molecule has 0 atom stereocenters. The lowest BCUT2D eigenvalue weighted by Gasteiger charge is -1.96. The maximum Gasteiger partial charge on any atom is 0.0206 e. The summed E-state index contributed by atoms with van der Waals surface area (Å²) in [6, 6.07) is 0. The van der Waals surface area contributed by atoms with Gasteiger partial charge < -0.3 is 5.41 Å². The Kier molecular flexibility index (Phi) is 10.6. The molecule has 64 valence electrons. The monoisotopic (exact) mass is 153 g/mol. The Balaban J connectivity index is 0. The highest BCUT2D eigenvalue weighted by atomic mass is 14.3. The van der Waals surface area contributed by atoms with Crippen molar-refractivity contribution in [3.05, 3.63) is 23.8 Å². The van der Waals surface area contributed by atoms with Crippen molar-refractivity contribution in [3.8, 4) is 0 Å². The molecule has 0 bridgehead atoms. The van der Waals surface area contributed by atoms with E-state index >= 15 is 0 Å². The van der Waals surface area contributed by atoms with Gasteiger partial charge in [0.2, 0.25) is 0 Å². The predicted octanol–water partition coefficient (Wildman–Crippen LogP) is 3.57. The largest absolute Gasteiger partial charge is 0.308 e. The summed E-state index contributed by atoms with van der Waals surface area (Å²) in [6.45, 7) is 11.6. The van der Waals surface area contributed by atoms with Crippen LogP contribution >= 0.6 is 0 Å². The smallest absolute Gasteiger partial charge is 0.0206 e. The van der Waals surface area contributed by atoms with Gasteiger partial charge >= 0.3 is 0 Å². The zero-order chi connectivity index (χ0) is 9.28. The van der Waals surface area contributed by atoms with Crippen LogP contribution < -0.4 is 0 Å². The summed E-state index contributed by atoms with van der Waals surface area (Å²) in [5, 5.41) is 6.90. The first kappa shape index (κ1) is 12.8. The number of allylic oxidation sites excluding steroid dienone is 3.